The van der Waals surface area contributed by atoms with Gasteiger partial charge in [-0.25, -0.2) is 9.97 Å². The highest BCUT2D eigenvalue weighted by Gasteiger charge is 2.39. The van der Waals surface area contributed by atoms with Gasteiger partial charge in [-0.3, -0.25) is 9.00 Å². The highest BCUT2D eigenvalue weighted by molar-refractivity contribution is 7.85. The molecule has 0 radical (unpaired) electrons. The molecule has 1 aliphatic carbocycles. The molecular formula is C17H15F3N2O3S. The number of hydrogen-bond donors (Lipinski definition) is 0. The molecule has 26 heavy (non-hydrogen) atoms. The summed E-state index contributed by atoms with van der Waals surface area (Å²) >= 11 is 0. The van der Waals surface area contributed by atoms with Crippen LogP contribution in [0.4, 0.5) is 13.2 Å². The predicted octanol–water partition coefficient (Wildman–Crippen LogP) is 2.93. The second kappa shape index (κ2) is 7.14. The third kappa shape index (κ3) is 3.62. The van der Waals surface area contributed by atoms with Crippen molar-refractivity contribution in [3.8, 4) is 11.3 Å². The molecule has 0 spiro atoms. The van der Waals surface area contributed by atoms with Gasteiger partial charge >= 0.3 is 12.1 Å². The van der Waals surface area contributed by atoms with Crippen LogP contribution in [0.15, 0.2) is 29.4 Å². The first-order chi connectivity index (χ1) is 12.3. The lowest BCUT2D eigenvalue weighted by Crippen LogP contribution is -2.22. The zero-order valence-electron chi connectivity index (χ0n) is 13.8. The summed E-state index contributed by atoms with van der Waals surface area (Å²) in [6, 6.07) is 7.01. The molecule has 1 atom stereocenters. The van der Waals surface area contributed by atoms with Gasteiger partial charge < -0.3 is 4.74 Å². The van der Waals surface area contributed by atoms with Crippen molar-refractivity contribution in [2.24, 2.45) is 0 Å². The molecule has 0 amide bonds. The fraction of sp³-hybridized carbons (Fsp3) is 0.353. The molecule has 1 heterocycles. The van der Waals surface area contributed by atoms with Gasteiger partial charge in [-0.05, 0) is 25.3 Å². The maximum atomic E-state index is 13.5. The number of fused-ring (bicyclic) bond motifs is 3. The number of aryl methyl sites for hydroxylation is 1. The summed E-state index contributed by atoms with van der Waals surface area (Å²) in [6.45, 7) is 1.66. The molecule has 0 bridgehead atoms. The molecule has 1 aromatic carbocycles. The van der Waals surface area contributed by atoms with E-state index in [0.717, 1.165) is 5.56 Å². The number of hydrogen-bond acceptors (Lipinski definition) is 5. The summed E-state index contributed by atoms with van der Waals surface area (Å²) in [7, 11) is -2.13. The van der Waals surface area contributed by atoms with E-state index in [1.54, 1.807) is 25.1 Å². The Labute approximate surface area is 150 Å². The van der Waals surface area contributed by atoms with Crippen LogP contribution in [0.5, 0.6) is 0 Å². The lowest BCUT2D eigenvalue weighted by atomic mass is 9.88. The van der Waals surface area contributed by atoms with Crippen LogP contribution in [-0.2, 0) is 39.3 Å². The van der Waals surface area contributed by atoms with Crippen molar-refractivity contribution in [3.63, 3.8) is 0 Å². The molecular weight excluding hydrogens is 369 g/mol. The fourth-order valence-electron chi connectivity index (χ4n) is 2.86. The van der Waals surface area contributed by atoms with Crippen LogP contribution < -0.4 is 0 Å². The van der Waals surface area contributed by atoms with Gasteiger partial charge in [0.25, 0.3) is 0 Å². The minimum atomic E-state index is -4.71. The van der Waals surface area contributed by atoms with Crippen LogP contribution in [0.2, 0.25) is 0 Å². The smallest absolute Gasteiger partial charge is 0.433 e. The van der Waals surface area contributed by atoms with E-state index in [-0.39, 0.29) is 24.3 Å². The van der Waals surface area contributed by atoms with Crippen LogP contribution in [0, 0.1) is 0 Å². The number of benzene rings is 1. The number of aromatic nitrogens is 2. The number of carbonyl (C=O) groups is 1. The van der Waals surface area contributed by atoms with Gasteiger partial charge in [0.2, 0.25) is 5.16 Å². The molecule has 0 saturated heterocycles. The maximum absolute atomic E-state index is 13.5. The van der Waals surface area contributed by atoms with Gasteiger partial charge in [0.05, 0.1) is 12.3 Å². The van der Waals surface area contributed by atoms with E-state index < -0.39 is 39.5 Å². The molecule has 0 aliphatic heterocycles. The number of nitrogens with zero attached hydrogens (tertiary/aromatic N) is 2. The Kier molecular flexibility index (Phi) is 5.08. The average Bonchev–Trinajstić information content (AvgIpc) is 2.59. The number of esters is 1. The number of carbonyl (C=O) groups excluding carboxylic acids is 1. The Hall–Kier alpha value is -2.29. The minimum Gasteiger partial charge on any atom is -0.465 e. The number of ether oxygens (including phenoxy) is 1. The van der Waals surface area contributed by atoms with E-state index in [1.807, 2.05) is 6.07 Å². The molecule has 0 saturated carbocycles. The Balaban J connectivity index is 2.11. The van der Waals surface area contributed by atoms with Crippen molar-refractivity contribution in [1.29, 1.82) is 0 Å². The quantitative estimate of drug-likeness (QED) is 0.599. The number of rotatable bonds is 4. The molecule has 3 rings (SSSR count). The third-order valence-corrected chi connectivity index (χ3v) is 5.02. The molecule has 5 nitrogen and oxygen atoms in total. The van der Waals surface area contributed by atoms with Crippen molar-refractivity contribution in [2.75, 3.05) is 12.4 Å². The standard InChI is InChI=1S/C17H15F3N2O3S/c1-2-25-13(23)9-26(24)16-21-14-11-6-4-3-5-10(11)7-8-12(14)15(22-16)17(18,19)20/h3-6H,2,7-9H2,1H3/t26-/m1/s1. The Bertz CT molecular complexity index is 884. The molecule has 2 aromatic rings. The van der Waals surface area contributed by atoms with Gasteiger partial charge in [-0.2, -0.15) is 13.2 Å². The summed E-state index contributed by atoms with van der Waals surface area (Å²) < 4.78 is 57.5. The number of alkyl halides is 3. The van der Waals surface area contributed by atoms with Crippen molar-refractivity contribution in [1.82, 2.24) is 9.97 Å². The summed E-state index contributed by atoms with van der Waals surface area (Å²) in [6.07, 6.45) is -4.12. The first kappa shape index (κ1) is 18.5. The second-order valence-electron chi connectivity index (χ2n) is 5.63. The lowest BCUT2D eigenvalue weighted by molar-refractivity contribution is -0.142. The van der Waals surface area contributed by atoms with Gasteiger partial charge in [-0.1, -0.05) is 24.3 Å². The summed E-state index contributed by atoms with van der Waals surface area (Å²) in [5.41, 5.74) is 0.462. The molecule has 9 heteroatoms. The van der Waals surface area contributed by atoms with Crippen molar-refractivity contribution >= 4 is 16.8 Å². The number of halogens is 3. The Morgan fingerprint density at radius 1 is 1.23 bits per heavy atom. The van der Waals surface area contributed by atoms with Crippen LogP contribution in [0.25, 0.3) is 11.3 Å². The molecule has 0 fully saturated rings. The van der Waals surface area contributed by atoms with Crippen molar-refractivity contribution < 1.29 is 26.9 Å². The van der Waals surface area contributed by atoms with Crippen molar-refractivity contribution in [2.45, 2.75) is 31.1 Å². The fourth-order valence-corrected chi connectivity index (χ4v) is 3.68. The minimum absolute atomic E-state index is 0.00640. The molecule has 138 valence electrons. The van der Waals surface area contributed by atoms with E-state index in [2.05, 4.69) is 9.97 Å². The van der Waals surface area contributed by atoms with Crippen molar-refractivity contribution in [3.05, 3.63) is 41.1 Å². The summed E-state index contributed by atoms with van der Waals surface area (Å²) in [5.74, 6) is -1.37. The maximum Gasteiger partial charge on any atom is 0.433 e. The van der Waals surface area contributed by atoms with Gasteiger partial charge in [0.1, 0.15) is 16.6 Å². The van der Waals surface area contributed by atoms with E-state index in [4.69, 9.17) is 4.74 Å². The normalized spacial score (nSPS) is 14.3. The molecule has 1 aromatic heterocycles. The first-order valence-corrected chi connectivity index (χ1v) is 9.23. The second-order valence-corrected chi connectivity index (χ2v) is 6.98. The lowest BCUT2D eigenvalue weighted by Gasteiger charge is -2.22. The monoisotopic (exact) mass is 384 g/mol. The van der Waals surface area contributed by atoms with E-state index >= 15 is 0 Å². The summed E-state index contributed by atoms with van der Waals surface area (Å²) in [4.78, 5) is 19.1. The highest BCUT2D eigenvalue weighted by atomic mass is 32.2. The van der Waals surface area contributed by atoms with Gasteiger partial charge in [0.15, 0.2) is 5.69 Å². The van der Waals surface area contributed by atoms with Crippen LogP contribution in [-0.4, -0.2) is 32.5 Å². The SMILES string of the molecule is CCOC(=O)C[S@@](=O)c1nc2c(c(C(F)(F)F)n1)CCc1ccccc1-2. The van der Waals surface area contributed by atoms with Crippen LogP contribution in [0.1, 0.15) is 23.7 Å². The van der Waals surface area contributed by atoms with Gasteiger partial charge in [-0.15, -0.1) is 0 Å². The zero-order chi connectivity index (χ0) is 18.9. The van der Waals surface area contributed by atoms with Crippen LogP contribution in [0.3, 0.4) is 0 Å². The molecule has 0 N–H and O–H groups in total. The largest absolute Gasteiger partial charge is 0.465 e. The molecule has 0 unspecified atom stereocenters. The summed E-state index contributed by atoms with van der Waals surface area (Å²) in [5, 5.41) is -0.513. The third-order valence-electron chi connectivity index (χ3n) is 3.93. The zero-order valence-corrected chi connectivity index (χ0v) is 14.6. The van der Waals surface area contributed by atoms with E-state index in [0.29, 0.717) is 12.0 Å². The van der Waals surface area contributed by atoms with E-state index in [1.165, 1.54) is 0 Å². The van der Waals surface area contributed by atoms with E-state index in [9.17, 15) is 22.2 Å². The highest BCUT2D eigenvalue weighted by Crippen LogP contribution is 2.39. The van der Waals surface area contributed by atoms with Crippen LogP contribution >= 0.6 is 0 Å². The Morgan fingerprint density at radius 3 is 2.65 bits per heavy atom. The predicted molar refractivity (Wildman–Crippen MR) is 87.8 cm³/mol. The average molecular weight is 384 g/mol. The topological polar surface area (TPSA) is 69.2 Å². The first-order valence-electron chi connectivity index (χ1n) is 7.91. The van der Waals surface area contributed by atoms with Gasteiger partial charge in [0, 0.05) is 11.1 Å². The Morgan fingerprint density at radius 2 is 1.96 bits per heavy atom. The molecule has 1 aliphatic rings.